The first kappa shape index (κ1) is 13.6. The minimum Gasteiger partial charge on any atom is -0.489 e. The Kier molecular flexibility index (Phi) is 4.60. The highest BCUT2D eigenvalue weighted by Gasteiger charge is 2.02. The van der Waals surface area contributed by atoms with E-state index in [0.717, 1.165) is 28.3 Å². The van der Waals surface area contributed by atoms with Crippen LogP contribution in [0.15, 0.2) is 36.5 Å². The molecule has 0 saturated heterocycles. The largest absolute Gasteiger partial charge is 0.489 e. The fraction of sp³-hybridized carbons (Fsp3) is 0.214. The minimum atomic E-state index is 0.461. The molecule has 3 N–H and O–H groups in total. The molecule has 0 fully saturated rings. The van der Waals surface area contributed by atoms with Gasteiger partial charge in [0.05, 0.1) is 0 Å². The van der Waals surface area contributed by atoms with Crippen LogP contribution in [0.5, 0.6) is 5.75 Å². The Morgan fingerprint density at radius 2 is 2.16 bits per heavy atom. The first-order valence-electron chi connectivity index (χ1n) is 6.05. The lowest BCUT2D eigenvalue weighted by Gasteiger charge is -2.09. The smallest absolute Gasteiger partial charge is 0.139 e. The number of benzene rings is 1. The molecule has 0 unspecified atom stereocenters. The van der Waals surface area contributed by atoms with E-state index < -0.39 is 0 Å². The van der Waals surface area contributed by atoms with Gasteiger partial charge in [-0.3, -0.25) is 0 Å². The van der Waals surface area contributed by atoms with Crippen molar-refractivity contribution < 1.29 is 4.74 Å². The summed E-state index contributed by atoms with van der Waals surface area (Å²) < 4.78 is 5.71. The van der Waals surface area contributed by atoms with Gasteiger partial charge in [0.2, 0.25) is 0 Å². The fourth-order valence-electron chi connectivity index (χ4n) is 1.67. The van der Waals surface area contributed by atoms with Crippen molar-refractivity contribution in [3.05, 3.63) is 52.7 Å². The van der Waals surface area contributed by atoms with Crippen LogP contribution in [0.1, 0.15) is 18.1 Å². The number of anilines is 1. The van der Waals surface area contributed by atoms with Gasteiger partial charge in [-0.2, -0.15) is 0 Å². The number of hydrogen-bond acceptors (Lipinski definition) is 4. The van der Waals surface area contributed by atoms with Gasteiger partial charge < -0.3 is 10.2 Å². The fourth-order valence-corrected chi connectivity index (χ4v) is 1.92. The number of rotatable bonds is 5. The SMILES string of the molecule is CCc1cc(OCc2ccc(NN)nc2)ccc1Cl. The molecule has 0 bridgehead atoms. The van der Waals surface area contributed by atoms with Crippen LogP contribution >= 0.6 is 11.6 Å². The first-order valence-corrected chi connectivity index (χ1v) is 6.43. The van der Waals surface area contributed by atoms with Crippen molar-refractivity contribution >= 4 is 17.4 Å². The van der Waals surface area contributed by atoms with Crippen molar-refractivity contribution in [2.45, 2.75) is 20.0 Å². The Hall–Kier alpha value is -1.78. The van der Waals surface area contributed by atoms with Crippen LogP contribution in [-0.2, 0) is 13.0 Å². The number of nitrogens with zero attached hydrogens (tertiary/aromatic N) is 1. The molecule has 0 atom stereocenters. The van der Waals surface area contributed by atoms with E-state index in [2.05, 4.69) is 17.3 Å². The number of pyridine rings is 1. The van der Waals surface area contributed by atoms with E-state index in [1.165, 1.54) is 0 Å². The number of nitrogens with two attached hydrogens (primary N) is 1. The second kappa shape index (κ2) is 6.41. The molecular formula is C14H16ClN3O. The van der Waals surface area contributed by atoms with Gasteiger partial charge in [0.25, 0.3) is 0 Å². The third-order valence-corrected chi connectivity index (χ3v) is 3.14. The van der Waals surface area contributed by atoms with E-state index in [4.69, 9.17) is 22.2 Å². The number of aryl methyl sites for hydroxylation is 1. The normalized spacial score (nSPS) is 10.3. The van der Waals surface area contributed by atoms with Crippen LogP contribution in [0.3, 0.4) is 0 Å². The first-order chi connectivity index (χ1) is 9.22. The van der Waals surface area contributed by atoms with Gasteiger partial charge in [-0.15, -0.1) is 0 Å². The molecule has 2 aromatic rings. The molecule has 0 aliphatic heterocycles. The zero-order valence-corrected chi connectivity index (χ0v) is 11.4. The van der Waals surface area contributed by atoms with Crippen LogP contribution in [0.25, 0.3) is 0 Å². The topological polar surface area (TPSA) is 60.2 Å². The van der Waals surface area contributed by atoms with Crippen molar-refractivity contribution in [1.29, 1.82) is 0 Å². The monoisotopic (exact) mass is 277 g/mol. The summed E-state index contributed by atoms with van der Waals surface area (Å²) in [5.74, 6) is 6.69. The lowest BCUT2D eigenvalue weighted by atomic mass is 10.1. The van der Waals surface area contributed by atoms with E-state index in [-0.39, 0.29) is 0 Å². The summed E-state index contributed by atoms with van der Waals surface area (Å²) in [6.45, 7) is 2.52. The van der Waals surface area contributed by atoms with Crippen LogP contribution in [0, 0.1) is 0 Å². The lowest BCUT2D eigenvalue weighted by molar-refractivity contribution is 0.305. The minimum absolute atomic E-state index is 0.461. The number of nitrogen functional groups attached to an aromatic ring is 1. The Bertz CT molecular complexity index is 543. The van der Waals surface area contributed by atoms with Crippen molar-refractivity contribution in [2.75, 3.05) is 5.43 Å². The third-order valence-electron chi connectivity index (χ3n) is 2.78. The number of hydrogen-bond donors (Lipinski definition) is 2. The van der Waals surface area contributed by atoms with Gasteiger partial charge in [-0.1, -0.05) is 24.6 Å². The van der Waals surface area contributed by atoms with E-state index in [1.807, 2.05) is 24.3 Å². The van der Waals surface area contributed by atoms with Crippen molar-refractivity contribution in [3.63, 3.8) is 0 Å². The zero-order valence-electron chi connectivity index (χ0n) is 10.7. The molecule has 100 valence electrons. The Morgan fingerprint density at radius 1 is 1.32 bits per heavy atom. The Labute approximate surface area is 117 Å². The summed E-state index contributed by atoms with van der Waals surface area (Å²) in [6.07, 6.45) is 2.61. The highest BCUT2D eigenvalue weighted by Crippen LogP contribution is 2.23. The lowest BCUT2D eigenvalue weighted by Crippen LogP contribution is -2.08. The van der Waals surface area contributed by atoms with Gasteiger partial charge in [-0.25, -0.2) is 10.8 Å². The van der Waals surface area contributed by atoms with Gasteiger partial charge >= 0.3 is 0 Å². The second-order valence-corrected chi connectivity index (χ2v) is 4.50. The third kappa shape index (κ3) is 3.59. The number of nitrogens with one attached hydrogen (secondary N) is 1. The Morgan fingerprint density at radius 3 is 2.79 bits per heavy atom. The number of halogens is 1. The summed E-state index contributed by atoms with van der Waals surface area (Å²) in [4.78, 5) is 4.12. The quantitative estimate of drug-likeness (QED) is 0.651. The molecule has 0 amide bonds. The molecule has 0 aliphatic rings. The number of hydrazine groups is 1. The molecule has 2 rings (SSSR count). The average Bonchev–Trinajstić information content (AvgIpc) is 2.47. The Balaban J connectivity index is 2.01. The molecule has 4 nitrogen and oxygen atoms in total. The molecule has 19 heavy (non-hydrogen) atoms. The van der Waals surface area contributed by atoms with Gasteiger partial charge in [0, 0.05) is 16.8 Å². The van der Waals surface area contributed by atoms with Crippen molar-refractivity contribution in [1.82, 2.24) is 4.98 Å². The van der Waals surface area contributed by atoms with Gasteiger partial charge in [0.15, 0.2) is 0 Å². The van der Waals surface area contributed by atoms with Crippen LogP contribution < -0.4 is 16.0 Å². The predicted octanol–water partition coefficient (Wildman–Crippen LogP) is 3.16. The molecule has 5 heteroatoms. The van der Waals surface area contributed by atoms with Crippen LogP contribution in [-0.4, -0.2) is 4.98 Å². The van der Waals surface area contributed by atoms with E-state index >= 15 is 0 Å². The summed E-state index contributed by atoms with van der Waals surface area (Å²) in [7, 11) is 0. The average molecular weight is 278 g/mol. The van der Waals surface area contributed by atoms with Crippen LogP contribution in [0.4, 0.5) is 5.82 Å². The molecular weight excluding hydrogens is 262 g/mol. The standard InChI is InChI=1S/C14H16ClN3O/c1-2-11-7-12(4-5-13(11)15)19-9-10-3-6-14(18-16)17-8-10/h3-8H,2,9,16H2,1H3,(H,17,18). The maximum absolute atomic E-state index is 6.06. The molecule has 1 aromatic heterocycles. The number of aromatic nitrogens is 1. The van der Waals surface area contributed by atoms with E-state index in [1.54, 1.807) is 12.3 Å². The summed E-state index contributed by atoms with van der Waals surface area (Å²) in [5.41, 5.74) is 4.54. The summed E-state index contributed by atoms with van der Waals surface area (Å²) in [5, 5.41) is 0.773. The summed E-state index contributed by atoms with van der Waals surface area (Å²) >= 11 is 6.06. The predicted molar refractivity (Wildman–Crippen MR) is 77.2 cm³/mol. The number of ether oxygens (including phenoxy) is 1. The van der Waals surface area contributed by atoms with Crippen molar-refractivity contribution in [3.8, 4) is 5.75 Å². The molecule has 0 aliphatic carbocycles. The van der Waals surface area contributed by atoms with Crippen molar-refractivity contribution in [2.24, 2.45) is 5.84 Å². The zero-order chi connectivity index (χ0) is 13.7. The maximum Gasteiger partial charge on any atom is 0.139 e. The molecule has 1 aromatic carbocycles. The molecule has 0 spiro atoms. The highest BCUT2D eigenvalue weighted by molar-refractivity contribution is 6.31. The molecule has 0 radical (unpaired) electrons. The van der Waals surface area contributed by atoms with E-state index in [9.17, 15) is 0 Å². The summed E-state index contributed by atoms with van der Waals surface area (Å²) in [6, 6.07) is 9.41. The van der Waals surface area contributed by atoms with E-state index in [0.29, 0.717) is 12.4 Å². The maximum atomic E-state index is 6.06. The molecule has 1 heterocycles. The van der Waals surface area contributed by atoms with Crippen LogP contribution in [0.2, 0.25) is 5.02 Å². The van der Waals surface area contributed by atoms with Gasteiger partial charge in [0.1, 0.15) is 18.2 Å². The van der Waals surface area contributed by atoms with Gasteiger partial charge in [-0.05, 0) is 36.2 Å². The molecule has 0 saturated carbocycles. The highest BCUT2D eigenvalue weighted by atomic mass is 35.5. The second-order valence-electron chi connectivity index (χ2n) is 4.09.